The van der Waals surface area contributed by atoms with Gasteiger partial charge in [-0.3, -0.25) is 0 Å². The van der Waals surface area contributed by atoms with Crippen molar-refractivity contribution in [1.29, 1.82) is 0 Å². The molecule has 0 aromatic rings. The van der Waals surface area contributed by atoms with Gasteiger partial charge in [0.15, 0.2) is 0 Å². The Morgan fingerprint density at radius 1 is 0.938 bits per heavy atom. The molecule has 2 aliphatic rings. The summed E-state index contributed by atoms with van der Waals surface area (Å²) in [6.07, 6.45) is 9.79. The van der Waals surface area contributed by atoms with E-state index in [-0.39, 0.29) is 0 Å². The van der Waals surface area contributed by atoms with E-state index >= 15 is 0 Å². The van der Waals surface area contributed by atoms with Crippen LogP contribution < -0.4 is 10.6 Å². The number of piperidine rings is 1. The highest BCUT2D eigenvalue weighted by Gasteiger charge is 2.30. The van der Waals surface area contributed by atoms with E-state index in [0.717, 1.165) is 6.54 Å². The Bertz CT molecular complexity index is 213. The van der Waals surface area contributed by atoms with Crippen LogP contribution in [0.25, 0.3) is 0 Å². The number of rotatable bonds is 4. The van der Waals surface area contributed by atoms with Gasteiger partial charge in [0.1, 0.15) is 0 Å². The molecule has 0 amide bonds. The molecule has 2 fully saturated rings. The van der Waals surface area contributed by atoms with Crippen molar-refractivity contribution < 1.29 is 0 Å². The molecule has 0 spiro atoms. The molecule has 94 valence electrons. The Morgan fingerprint density at radius 3 is 2.25 bits per heavy atom. The van der Waals surface area contributed by atoms with Crippen LogP contribution in [0.5, 0.6) is 0 Å². The second kappa shape index (κ2) is 5.05. The molecular formula is C14H28N2. The highest BCUT2D eigenvalue weighted by molar-refractivity contribution is 4.90. The van der Waals surface area contributed by atoms with Gasteiger partial charge in [-0.25, -0.2) is 0 Å². The topological polar surface area (TPSA) is 24.1 Å². The summed E-state index contributed by atoms with van der Waals surface area (Å²) in [6, 6.07) is 0. The van der Waals surface area contributed by atoms with Crippen LogP contribution in [0.1, 0.15) is 58.8 Å². The van der Waals surface area contributed by atoms with Crippen LogP contribution in [-0.2, 0) is 0 Å². The molecule has 16 heavy (non-hydrogen) atoms. The molecule has 1 aliphatic carbocycles. The molecule has 2 rings (SSSR count). The molecule has 0 bridgehead atoms. The Labute approximate surface area is 101 Å². The van der Waals surface area contributed by atoms with E-state index in [1.54, 1.807) is 0 Å². The fourth-order valence-electron chi connectivity index (χ4n) is 3.32. The van der Waals surface area contributed by atoms with Crippen molar-refractivity contribution in [2.75, 3.05) is 19.6 Å². The minimum absolute atomic E-state index is 0.354. The van der Waals surface area contributed by atoms with E-state index in [1.807, 2.05) is 0 Å². The molecule has 0 aromatic carbocycles. The van der Waals surface area contributed by atoms with Crippen molar-refractivity contribution in [2.45, 2.75) is 64.3 Å². The van der Waals surface area contributed by atoms with Crippen LogP contribution in [0.3, 0.4) is 0 Å². The van der Waals surface area contributed by atoms with Gasteiger partial charge >= 0.3 is 0 Å². The van der Waals surface area contributed by atoms with Crippen LogP contribution >= 0.6 is 0 Å². The average Bonchev–Trinajstić information content (AvgIpc) is 2.66. The Hall–Kier alpha value is -0.0800. The van der Waals surface area contributed by atoms with E-state index in [4.69, 9.17) is 0 Å². The normalized spacial score (nSPS) is 34.1. The van der Waals surface area contributed by atoms with Gasteiger partial charge in [-0.1, -0.05) is 26.2 Å². The molecule has 0 radical (unpaired) electrons. The van der Waals surface area contributed by atoms with E-state index in [0.29, 0.717) is 11.0 Å². The zero-order chi connectivity index (χ0) is 11.5. The third kappa shape index (κ3) is 3.21. The lowest BCUT2D eigenvalue weighted by Gasteiger charge is -2.36. The summed E-state index contributed by atoms with van der Waals surface area (Å²) in [5, 5.41) is 7.39. The standard InChI is InChI=1S/C14H28N2/c1-13(7-3-4-8-13)11-15-12-14(2)9-5-6-10-16-14/h15-16H,3-12H2,1-2H3. The van der Waals surface area contributed by atoms with Gasteiger partial charge in [0, 0.05) is 18.6 Å². The van der Waals surface area contributed by atoms with Gasteiger partial charge in [0.2, 0.25) is 0 Å². The predicted octanol–water partition coefficient (Wildman–Crippen LogP) is 2.69. The van der Waals surface area contributed by atoms with Crippen LogP contribution in [0, 0.1) is 5.41 Å². The molecule has 1 unspecified atom stereocenters. The Kier molecular flexibility index (Phi) is 3.91. The molecule has 2 nitrogen and oxygen atoms in total. The number of nitrogens with one attached hydrogen (secondary N) is 2. The molecule has 1 saturated carbocycles. The largest absolute Gasteiger partial charge is 0.314 e. The summed E-state index contributed by atoms with van der Waals surface area (Å²) in [4.78, 5) is 0. The van der Waals surface area contributed by atoms with Gasteiger partial charge in [0.25, 0.3) is 0 Å². The summed E-state index contributed by atoms with van der Waals surface area (Å²) >= 11 is 0. The minimum atomic E-state index is 0.354. The summed E-state index contributed by atoms with van der Waals surface area (Å²) in [5.74, 6) is 0. The smallest absolute Gasteiger partial charge is 0.0277 e. The molecule has 2 N–H and O–H groups in total. The molecule has 2 heteroatoms. The highest BCUT2D eigenvalue weighted by atomic mass is 15.0. The first-order valence-corrected chi connectivity index (χ1v) is 7.08. The van der Waals surface area contributed by atoms with Gasteiger partial charge in [0.05, 0.1) is 0 Å². The maximum Gasteiger partial charge on any atom is 0.0277 e. The van der Waals surface area contributed by atoms with Crippen LogP contribution in [-0.4, -0.2) is 25.2 Å². The van der Waals surface area contributed by atoms with Gasteiger partial charge in [-0.2, -0.15) is 0 Å². The molecule has 1 aliphatic heterocycles. The van der Waals surface area contributed by atoms with E-state index in [1.165, 1.54) is 58.0 Å². The molecule has 1 heterocycles. The lowest BCUT2D eigenvalue weighted by molar-refractivity contribution is 0.242. The quantitative estimate of drug-likeness (QED) is 0.767. The second-order valence-corrected chi connectivity index (χ2v) is 6.57. The van der Waals surface area contributed by atoms with E-state index in [2.05, 4.69) is 24.5 Å². The van der Waals surface area contributed by atoms with Crippen molar-refractivity contribution in [3.63, 3.8) is 0 Å². The monoisotopic (exact) mass is 224 g/mol. The van der Waals surface area contributed by atoms with Gasteiger partial charge in [-0.15, -0.1) is 0 Å². The molecular weight excluding hydrogens is 196 g/mol. The lowest BCUT2D eigenvalue weighted by Crippen LogP contribution is -2.53. The van der Waals surface area contributed by atoms with Crippen LogP contribution in [0.15, 0.2) is 0 Å². The maximum atomic E-state index is 3.72. The van der Waals surface area contributed by atoms with E-state index < -0.39 is 0 Å². The van der Waals surface area contributed by atoms with Crippen molar-refractivity contribution in [3.8, 4) is 0 Å². The molecule has 1 saturated heterocycles. The first-order valence-electron chi connectivity index (χ1n) is 7.08. The number of hydrogen-bond donors (Lipinski definition) is 2. The van der Waals surface area contributed by atoms with Crippen LogP contribution in [0.2, 0.25) is 0 Å². The highest BCUT2D eigenvalue weighted by Crippen LogP contribution is 2.36. The third-order valence-corrected chi connectivity index (χ3v) is 4.58. The number of hydrogen-bond acceptors (Lipinski definition) is 2. The zero-order valence-corrected chi connectivity index (χ0v) is 11.1. The van der Waals surface area contributed by atoms with Crippen molar-refractivity contribution in [2.24, 2.45) is 5.41 Å². The first-order chi connectivity index (χ1) is 7.62. The fraction of sp³-hybridized carbons (Fsp3) is 1.00. The maximum absolute atomic E-state index is 3.72. The second-order valence-electron chi connectivity index (χ2n) is 6.57. The third-order valence-electron chi connectivity index (χ3n) is 4.58. The summed E-state index contributed by atoms with van der Waals surface area (Å²) < 4.78 is 0. The summed E-state index contributed by atoms with van der Waals surface area (Å²) in [5.41, 5.74) is 0.943. The van der Waals surface area contributed by atoms with Gasteiger partial charge < -0.3 is 10.6 Å². The van der Waals surface area contributed by atoms with Crippen molar-refractivity contribution >= 4 is 0 Å². The summed E-state index contributed by atoms with van der Waals surface area (Å²) in [7, 11) is 0. The van der Waals surface area contributed by atoms with E-state index in [9.17, 15) is 0 Å². The molecule has 0 aromatic heterocycles. The zero-order valence-electron chi connectivity index (χ0n) is 11.1. The van der Waals surface area contributed by atoms with Crippen molar-refractivity contribution in [3.05, 3.63) is 0 Å². The molecule has 1 atom stereocenters. The Balaban J connectivity index is 1.70. The first kappa shape index (κ1) is 12.4. The lowest BCUT2D eigenvalue weighted by atomic mass is 9.87. The minimum Gasteiger partial charge on any atom is -0.314 e. The summed E-state index contributed by atoms with van der Waals surface area (Å²) in [6.45, 7) is 8.38. The fourth-order valence-corrected chi connectivity index (χ4v) is 3.32. The Morgan fingerprint density at radius 2 is 1.62 bits per heavy atom. The predicted molar refractivity (Wildman–Crippen MR) is 69.7 cm³/mol. The van der Waals surface area contributed by atoms with Crippen LogP contribution in [0.4, 0.5) is 0 Å². The van der Waals surface area contributed by atoms with Crippen molar-refractivity contribution in [1.82, 2.24) is 10.6 Å². The average molecular weight is 224 g/mol. The van der Waals surface area contributed by atoms with Gasteiger partial charge in [-0.05, 0) is 44.6 Å². The SMILES string of the molecule is CC1(CNCC2(C)CCCCN2)CCCC1.